The summed E-state index contributed by atoms with van der Waals surface area (Å²) in [6.45, 7) is 1.60. The number of rotatable bonds is 4. The molecule has 1 atom stereocenters. The molecule has 0 spiro atoms. The molecule has 4 nitrogen and oxygen atoms in total. The second-order valence-electron chi connectivity index (χ2n) is 5.30. The molecule has 0 amide bonds. The normalized spacial score (nSPS) is 16.3. The number of fused-ring (bicyclic) bond motifs is 1. The fourth-order valence-electron chi connectivity index (χ4n) is 2.51. The Morgan fingerprint density at radius 3 is 2.70 bits per heavy atom. The lowest BCUT2D eigenvalue weighted by molar-refractivity contribution is -0.138. The van der Waals surface area contributed by atoms with Gasteiger partial charge in [0.1, 0.15) is 0 Å². The Bertz CT molecular complexity index is 715. The van der Waals surface area contributed by atoms with E-state index in [0.717, 1.165) is 18.2 Å². The summed E-state index contributed by atoms with van der Waals surface area (Å²) in [4.78, 5) is 26.7. The van der Waals surface area contributed by atoms with Crippen LogP contribution in [-0.2, 0) is 4.79 Å². The molecule has 3 rings (SSSR count). The van der Waals surface area contributed by atoms with Crippen LogP contribution in [0.15, 0.2) is 18.2 Å². The Labute approximate surface area is 120 Å². The smallest absolute Gasteiger partial charge is 0.310 e. The van der Waals surface area contributed by atoms with Gasteiger partial charge in [-0.05, 0) is 31.9 Å². The van der Waals surface area contributed by atoms with Crippen LogP contribution in [0.3, 0.4) is 0 Å². The van der Waals surface area contributed by atoms with Crippen molar-refractivity contribution >= 4 is 34.3 Å². The van der Waals surface area contributed by atoms with Crippen molar-refractivity contribution in [2.24, 2.45) is 5.92 Å². The van der Waals surface area contributed by atoms with Crippen molar-refractivity contribution in [1.82, 2.24) is 4.98 Å². The van der Waals surface area contributed by atoms with Gasteiger partial charge in [0, 0.05) is 27.4 Å². The molecule has 0 bridgehead atoms. The maximum Gasteiger partial charge on any atom is 0.310 e. The highest BCUT2D eigenvalue weighted by atomic mass is 35.5. The first kappa shape index (κ1) is 13.2. The van der Waals surface area contributed by atoms with Gasteiger partial charge in [0.15, 0.2) is 5.78 Å². The summed E-state index contributed by atoms with van der Waals surface area (Å²) in [6.07, 6.45) is 1.77. The molecule has 20 heavy (non-hydrogen) atoms. The Balaban J connectivity index is 2.23. The van der Waals surface area contributed by atoms with Gasteiger partial charge in [0.25, 0.3) is 0 Å². The minimum atomic E-state index is -0.939. The first-order valence-electron chi connectivity index (χ1n) is 6.57. The van der Waals surface area contributed by atoms with Gasteiger partial charge in [-0.1, -0.05) is 17.7 Å². The fourth-order valence-corrected chi connectivity index (χ4v) is 2.68. The van der Waals surface area contributed by atoms with E-state index in [1.807, 2.05) is 0 Å². The van der Waals surface area contributed by atoms with Crippen molar-refractivity contribution in [2.75, 3.05) is 0 Å². The van der Waals surface area contributed by atoms with Crippen LogP contribution in [0, 0.1) is 5.92 Å². The van der Waals surface area contributed by atoms with Gasteiger partial charge >= 0.3 is 5.97 Å². The summed E-state index contributed by atoms with van der Waals surface area (Å²) in [5.41, 5.74) is 1.71. The number of halogens is 1. The molecule has 2 N–H and O–H groups in total. The number of Topliss-reactive ketones (excluding diaryl/α,β-unsaturated/α-hetero) is 1. The predicted octanol–water partition coefficient (Wildman–Crippen LogP) is 3.60. The summed E-state index contributed by atoms with van der Waals surface area (Å²) in [7, 11) is 0. The third-order valence-electron chi connectivity index (χ3n) is 3.80. The third-order valence-corrected chi connectivity index (χ3v) is 4.03. The van der Waals surface area contributed by atoms with Gasteiger partial charge in [-0.3, -0.25) is 9.59 Å². The SMILES string of the molecule is CC(C(=O)O)c1c(C(=O)C2CC2)[nH]c2cc(Cl)ccc12. The zero-order valence-electron chi connectivity index (χ0n) is 10.9. The third kappa shape index (κ3) is 2.10. The van der Waals surface area contributed by atoms with E-state index in [0.29, 0.717) is 21.8 Å². The van der Waals surface area contributed by atoms with E-state index in [-0.39, 0.29) is 11.7 Å². The molecule has 1 saturated carbocycles. The number of carbonyl (C=O) groups is 2. The average Bonchev–Trinajstić information content (AvgIpc) is 3.18. The number of benzene rings is 1. The van der Waals surface area contributed by atoms with E-state index in [1.54, 1.807) is 25.1 Å². The Morgan fingerprint density at radius 2 is 2.10 bits per heavy atom. The predicted molar refractivity (Wildman–Crippen MR) is 76.4 cm³/mol. The second kappa shape index (κ2) is 4.63. The minimum absolute atomic E-state index is 0.0143. The lowest BCUT2D eigenvalue weighted by Crippen LogP contribution is -2.13. The van der Waals surface area contributed by atoms with Crippen LogP contribution in [0.5, 0.6) is 0 Å². The van der Waals surface area contributed by atoms with Crippen LogP contribution in [-0.4, -0.2) is 21.8 Å². The van der Waals surface area contributed by atoms with Gasteiger partial charge in [-0.15, -0.1) is 0 Å². The fraction of sp³-hybridized carbons (Fsp3) is 0.333. The lowest BCUT2D eigenvalue weighted by atomic mass is 9.95. The van der Waals surface area contributed by atoms with Crippen molar-refractivity contribution in [3.63, 3.8) is 0 Å². The van der Waals surface area contributed by atoms with Crippen LogP contribution >= 0.6 is 11.6 Å². The van der Waals surface area contributed by atoms with Gasteiger partial charge < -0.3 is 10.1 Å². The molecule has 5 heteroatoms. The first-order valence-corrected chi connectivity index (χ1v) is 6.95. The van der Waals surface area contributed by atoms with Gasteiger partial charge in [0.2, 0.25) is 0 Å². The monoisotopic (exact) mass is 291 g/mol. The highest BCUT2D eigenvalue weighted by Crippen LogP contribution is 2.37. The van der Waals surface area contributed by atoms with Crippen molar-refractivity contribution in [1.29, 1.82) is 0 Å². The van der Waals surface area contributed by atoms with E-state index >= 15 is 0 Å². The molecule has 0 radical (unpaired) electrons. The first-order chi connectivity index (χ1) is 9.49. The standard InChI is InChI=1S/C15H14ClNO3/c1-7(15(19)20)12-10-5-4-9(16)6-11(10)17-13(12)14(18)8-2-3-8/h4-8,17H,2-3H2,1H3,(H,19,20). The zero-order valence-corrected chi connectivity index (χ0v) is 11.7. The summed E-state index contributed by atoms with van der Waals surface area (Å²) < 4.78 is 0. The van der Waals surface area contributed by atoms with Crippen LogP contribution in [0.4, 0.5) is 0 Å². The van der Waals surface area contributed by atoms with E-state index in [1.165, 1.54) is 0 Å². The number of hydrogen-bond acceptors (Lipinski definition) is 2. The Kier molecular flexibility index (Phi) is 3.05. The molecule has 1 aromatic heterocycles. The number of aromatic nitrogens is 1. The molecule has 1 aromatic carbocycles. The van der Waals surface area contributed by atoms with Gasteiger partial charge in [-0.25, -0.2) is 0 Å². The average molecular weight is 292 g/mol. The number of aliphatic carboxylic acids is 1. The molecule has 2 aromatic rings. The lowest BCUT2D eigenvalue weighted by Gasteiger charge is -2.08. The number of aromatic amines is 1. The largest absolute Gasteiger partial charge is 0.481 e. The molecule has 0 aliphatic heterocycles. The van der Waals surface area contributed by atoms with Crippen LogP contribution < -0.4 is 0 Å². The van der Waals surface area contributed by atoms with Gasteiger partial charge in [-0.2, -0.15) is 0 Å². The number of H-pyrrole nitrogens is 1. The number of ketones is 1. The highest BCUT2D eigenvalue weighted by Gasteiger charge is 2.35. The van der Waals surface area contributed by atoms with Crippen molar-refractivity contribution < 1.29 is 14.7 Å². The quantitative estimate of drug-likeness (QED) is 0.846. The molecule has 1 fully saturated rings. The Morgan fingerprint density at radius 1 is 1.40 bits per heavy atom. The van der Waals surface area contributed by atoms with Crippen LogP contribution in [0.2, 0.25) is 5.02 Å². The molecule has 1 unspecified atom stereocenters. The second-order valence-corrected chi connectivity index (χ2v) is 5.74. The summed E-state index contributed by atoms with van der Waals surface area (Å²) in [6, 6.07) is 5.20. The van der Waals surface area contributed by atoms with Crippen molar-refractivity contribution in [3.8, 4) is 0 Å². The van der Waals surface area contributed by atoms with Crippen molar-refractivity contribution in [3.05, 3.63) is 34.5 Å². The molecule has 0 saturated heterocycles. The van der Waals surface area contributed by atoms with Gasteiger partial charge in [0.05, 0.1) is 11.6 Å². The molecule has 1 aliphatic rings. The van der Waals surface area contributed by atoms with Crippen molar-refractivity contribution in [2.45, 2.75) is 25.7 Å². The number of hydrogen-bond donors (Lipinski definition) is 2. The van der Waals surface area contributed by atoms with Crippen LogP contribution in [0.1, 0.15) is 41.7 Å². The van der Waals surface area contributed by atoms with E-state index in [9.17, 15) is 14.7 Å². The Hall–Kier alpha value is -1.81. The minimum Gasteiger partial charge on any atom is -0.481 e. The molecular weight excluding hydrogens is 278 g/mol. The van der Waals surface area contributed by atoms with E-state index in [2.05, 4.69) is 4.98 Å². The summed E-state index contributed by atoms with van der Waals surface area (Å²) in [5.74, 6) is -1.62. The summed E-state index contributed by atoms with van der Waals surface area (Å²) in [5, 5.41) is 10.6. The number of carbonyl (C=O) groups excluding carboxylic acids is 1. The number of carboxylic acids is 1. The maximum absolute atomic E-state index is 12.4. The molecular formula is C15H14ClNO3. The van der Waals surface area contributed by atoms with Crippen LogP contribution in [0.25, 0.3) is 10.9 Å². The van der Waals surface area contributed by atoms with E-state index in [4.69, 9.17) is 11.6 Å². The molecule has 104 valence electrons. The molecule has 1 aliphatic carbocycles. The number of carboxylic acid groups (broad SMARTS) is 1. The number of nitrogens with one attached hydrogen (secondary N) is 1. The molecule has 1 heterocycles. The maximum atomic E-state index is 12.4. The highest BCUT2D eigenvalue weighted by molar-refractivity contribution is 6.31. The summed E-state index contributed by atoms with van der Waals surface area (Å²) >= 11 is 5.96. The topological polar surface area (TPSA) is 70.2 Å². The van der Waals surface area contributed by atoms with E-state index < -0.39 is 11.9 Å². The zero-order chi connectivity index (χ0) is 14.4.